The first kappa shape index (κ1) is 32.4. The van der Waals surface area contributed by atoms with E-state index in [2.05, 4.69) is 151 Å². The van der Waals surface area contributed by atoms with Crippen molar-refractivity contribution in [3.05, 3.63) is 162 Å². The molecule has 6 aromatic rings. The van der Waals surface area contributed by atoms with Crippen molar-refractivity contribution in [1.29, 1.82) is 0 Å². The zero-order valence-corrected chi connectivity index (χ0v) is 32.2. The van der Waals surface area contributed by atoms with E-state index in [0.29, 0.717) is 11.8 Å². The fraction of sp³-hybridized carbons (Fsp3) is 0.333. The molecular weight excluding hydrogens is 663 g/mol. The molecule has 5 saturated carbocycles. The van der Waals surface area contributed by atoms with E-state index in [4.69, 9.17) is 0 Å². The van der Waals surface area contributed by atoms with E-state index < -0.39 is 0 Å². The molecule has 0 saturated heterocycles. The van der Waals surface area contributed by atoms with Crippen LogP contribution in [0.4, 0.5) is 17.1 Å². The fourth-order valence-corrected chi connectivity index (χ4v) is 13.9. The largest absolute Gasteiger partial charge is 0.310 e. The van der Waals surface area contributed by atoms with Crippen molar-refractivity contribution in [2.45, 2.75) is 82.0 Å². The second-order valence-electron chi connectivity index (χ2n) is 18.4. The smallest absolute Gasteiger partial charge is 0.0465 e. The summed E-state index contributed by atoms with van der Waals surface area (Å²) in [6.45, 7) is 2.63. The van der Waals surface area contributed by atoms with E-state index >= 15 is 0 Å². The Balaban J connectivity index is 1.06. The maximum absolute atomic E-state index is 2.69. The van der Waals surface area contributed by atoms with E-state index in [1.54, 1.807) is 22.3 Å². The van der Waals surface area contributed by atoms with Crippen LogP contribution in [0.2, 0.25) is 0 Å². The van der Waals surface area contributed by atoms with Crippen LogP contribution in [0, 0.1) is 29.6 Å². The Bertz CT molecular complexity index is 2450. The molecule has 0 aliphatic heterocycles. The Kier molecular flexibility index (Phi) is 7.10. The molecule has 7 aliphatic carbocycles. The van der Waals surface area contributed by atoms with E-state index in [1.807, 2.05) is 0 Å². The molecular formula is C54H51N. The summed E-state index contributed by atoms with van der Waals surface area (Å²) < 4.78 is 0. The van der Waals surface area contributed by atoms with Crippen LogP contribution in [0.3, 0.4) is 0 Å². The number of rotatable bonds is 4. The van der Waals surface area contributed by atoms with E-state index in [9.17, 15) is 0 Å². The molecule has 55 heavy (non-hydrogen) atoms. The van der Waals surface area contributed by atoms with Crippen LogP contribution in [0.1, 0.15) is 93.4 Å². The quantitative estimate of drug-likeness (QED) is 0.176. The van der Waals surface area contributed by atoms with Crippen molar-refractivity contribution in [1.82, 2.24) is 0 Å². The molecule has 0 amide bonds. The lowest BCUT2D eigenvalue weighted by molar-refractivity contribution is 0.0174. The first-order chi connectivity index (χ1) is 27.1. The van der Waals surface area contributed by atoms with Gasteiger partial charge in [0.05, 0.1) is 0 Å². The van der Waals surface area contributed by atoms with Crippen molar-refractivity contribution in [3.63, 3.8) is 0 Å². The van der Waals surface area contributed by atoms with Crippen molar-refractivity contribution in [2.75, 3.05) is 4.90 Å². The van der Waals surface area contributed by atoms with Gasteiger partial charge in [-0.2, -0.15) is 0 Å². The van der Waals surface area contributed by atoms with Gasteiger partial charge in [0.15, 0.2) is 0 Å². The zero-order valence-electron chi connectivity index (χ0n) is 32.2. The second kappa shape index (κ2) is 12.1. The van der Waals surface area contributed by atoms with Gasteiger partial charge < -0.3 is 4.90 Å². The van der Waals surface area contributed by atoms with Gasteiger partial charge in [-0.15, -0.1) is 0 Å². The van der Waals surface area contributed by atoms with Crippen LogP contribution in [-0.4, -0.2) is 0 Å². The van der Waals surface area contributed by atoms with Gasteiger partial charge in [-0.05, 0) is 167 Å². The Labute approximate surface area is 327 Å². The van der Waals surface area contributed by atoms with Crippen LogP contribution in [0.5, 0.6) is 0 Å². The molecule has 7 aliphatic rings. The minimum absolute atomic E-state index is 0.0988. The second-order valence-corrected chi connectivity index (χ2v) is 18.4. The Morgan fingerprint density at radius 3 is 1.85 bits per heavy atom. The van der Waals surface area contributed by atoms with Gasteiger partial charge >= 0.3 is 0 Å². The third-order valence-corrected chi connectivity index (χ3v) is 16.2. The van der Waals surface area contributed by atoms with Crippen molar-refractivity contribution >= 4 is 17.1 Å². The molecule has 5 unspecified atom stereocenters. The average Bonchev–Trinajstić information content (AvgIpc) is 3.56. The standard InChI is InChI=1S/C54H51N/c1-35-39-18-21-40-31-36(30-39)32-50(35)54(40)49-17-9-7-15-45(49)47-27-25-43(34-52(47)54)55(41-22-19-38(20-23-41)37-12-4-2-5-13-37)42-24-26-46-44-14-6-8-16-48(44)53(51(46)33-42)28-10-3-11-29-53/h2,4-9,12-17,19-20,22-27,33-36,39-40,50H,3,10-11,18,21,28-32H2,1H3/t35-,36?,39?,40?,50?,54?/m0/s1. The lowest BCUT2D eigenvalue weighted by atomic mass is 9.48. The van der Waals surface area contributed by atoms with Crippen molar-refractivity contribution in [3.8, 4) is 33.4 Å². The van der Waals surface area contributed by atoms with Crippen LogP contribution >= 0.6 is 0 Å². The van der Waals surface area contributed by atoms with Crippen LogP contribution in [0.25, 0.3) is 33.4 Å². The minimum atomic E-state index is 0.0988. The normalized spacial score (nSPS) is 27.4. The highest BCUT2D eigenvalue weighted by atomic mass is 15.1. The molecule has 0 radical (unpaired) electrons. The van der Waals surface area contributed by atoms with E-state index in [-0.39, 0.29) is 10.8 Å². The molecule has 13 rings (SSSR count). The molecule has 5 fully saturated rings. The molecule has 1 heteroatoms. The number of hydrogen-bond acceptors (Lipinski definition) is 1. The maximum atomic E-state index is 2.69. The van der Waals surface area contributed by atoms with Gasteiger partial charge in [0, 0.05) is 27.9 Å². The lowest BCUT2D eigenvalue weighted by Gasteiger charge is -2.55. The molecule has 6 atom stereocenters. The number of anilines is 3. The molecule has 272 valence electrons. The minimum Gasteiger partial charge on any atom is -0.310 e. The topological polar surface area (TPSA) is 3.24 Å². The molecule has 0 N–H and O–H groups in total. The average molecular weight is 714 g/mol. The highest BCUT2D eigenvalue weighted by Gasteiger charge is 2.61. The van der Waals surface area contributed by atoms with Gasteiger partial charge in [-0.25, -0.2) is 0 Å². The van der Waals surface area contributed by atoms with E-state index in [0.717, 1.165) is 17.8 Å². The fourth-order valence-electron chi connectivity index (χ4n) is 13.9. The SMILES string of the molecule is C[C@H]1C2CCC3CC(C2)CC1C31c2ccccc2-c2ccc(N(c3ccc(-c4ccccc4)cc3)c3ccc4c(c3)C3(CCCCC3)c3ccccc3-4)cc21. The molecule has 0 heterocycles. The van der Waals surface area contributed by atoms with Gasteiger partial charge in [0.1, 0.15) is 0 Å². The third kappa shape index (κ3) is 4.47. The van der Waals surface area contributed by atoms with Crippen LogP contribution in [-0.2, 0) is 10.8 Å². The first-order valence-electron chi connectivity index (χ1n) is 21.6. The molecule has 0 aromatic heterocycles. The third-order valence-electron chi connectivity index (χ3n) is 16.2. The number of fused-ring (bicyclic) bond motifs is 9. The number of hydrogen-bond donors (Lipinski definition) is 0. The predicted molar refractivity (Wildman–Crippen MR) is 228 cm³/mol. The summed E-state index contributed by atoms with van der Waals surface area (Å²) >= 11 is 0. The first-order valence-corrected chi connectivity index (χ1v) is 21.6. The van der Waals surface area contributed by atoms with Crippen molar-refractivity contribution in [2.24, 2.45) is 29.6 Å². The molecule has 6 aromatic carbocycles. The van der Waals surface area contributed by atoms with Gasteiger partial charge in [-0.1, -0.05) is 129 Å². The molecule has 2 spiro atoms. The number of nitrogens with zero attached hydrogens (tertiary/aromatic N) is 1. The van der Waals surface area contributed by atoms with Crippen LogP contribution in [0.15, 0.2) is 140 Å². The van der Waals surface area contributed by atoms with E-state index in [1.165, 1.54) is 115 Å². The summed E-state index contributed by atoms with van der Waals surface area (Å²) in [6, 6.07) is 54.3. The summed E-state index contributed by atoms with van der Waals surface area (Å²) in [5, 5.41) is 0. The highest BCUT2D eigenvalue weighted by molar-refractivity contribution is 5.89. The highest BCUT2D eigenvalue weighted by Crippen LogP contribution is 2.69. The molecule has 4 bridgehead atoms. The number of benzene rings is 6. The zero-order chi connectivity index (χ0) is 36.3. The summed E-state index contributed by atoms with van der Waals surface area (Å²) in [5.74, 6) is 3.97. The van der Waals surface area contributed by atoms with Crippen LogP contribution < -0.4 is 4.90 Å². The van der Waals surface area contributed by atoms with Gasteiger partial charge in [-0.3, -0.25) is 0 Å². The van der Waals surface area contributed by atoms with Crippen molar-refractivity contribution < 1.29 is 0 Å². The Hall–Kier alpha value is -4.88. The summed E-state index contributed by atoms with van der Waals surface area (Å²) in [4.78, 5) is 2.61. The maximum Gasteiger partial charge on any atom is 0.0465 e. The predicted octanol–water partition coefficient (Wildman–Crippen LogP) is 14.4. The molecule has 1 nitrogen and oxygen atoms in total. The Morgan fingerprint density at radius 2 is 1.09 bits per heavy atom. The summed E-state index contributed by atoms with van der Waals surface area (Å²) in [5.41, 5.74) is 18.8. The van der Waals surface area contributed by atoms with Gasteiger partial charge in [0.25, 0.3) is 0 Å². The van der Waals surface area contributed by atoms with Gasteiger partial charge in [0.2, 0.25) is 0 Å². The monoisotopic (exact) mass is 713 g/mol. The summed E-state index contributed by atoms with van der Waals surface area (Å²) in [7, 11) is 0. The lowest BCUT2D eigenvalue weighted by Crippen LogP contribution is -2.51. The summed E-state index contributed by atoms with van der Waals surface area (Å²) in [6.07, 6.45) is 13.5. The Morgan fingerprint density at radius 1 is 0.491 bits per heavy atom.